The highest BCUT2D eigenvalue weighted by molar-refractivity contribution is 7.92. The third-order valence-electron chi connectivity index (χ3n) is 2.54. The number of anilines is 1. The van der Waals surface area contributed by atoms with E-state index in [-0.39, 0.29) is 9.47 Å². The molecule has 0 aliphatic heterocycles. The van der Waals surface area contributed by atoms with Gasteiger partial charge in [-0.05, 0) is 18.6 Å². The molecule has 1 aromatic carbocycles. The molecule has 1 amide bonds. The Morgan fingerprint density at radius 3 is 2.68 bits per heavy atom. The zero-order chi connectivity index (χ0) is 16.2. The lowest BCUT2D eigenvalue weighted by atomic mass is 10.2. The van der Waals surface area contributed by atoms with Gasteiger partial charge in [-0.3, -0.25) is 10.1 Å². The zero-order valence-electron chi connectivity index (χ0n) is 12.1. The summed E-state index contributed by atoms with van der Waals surface area (Å²) in [6, 6.07) is 6.82. The molecule has 0 aliphatic carbocycles. The first kappa shape index (κ1) is 16.4. The summed E-state index contributed by atoms with van der Waals surface area (Å²) in [6.07, 6.45) is 1.86. The molecule has 2 aromatic rings. The minimum absolute atomic E-state index is 0.121. The predicted molar refractivity (Wildman–Crippen MR) is 83.2 cm³/mol. The molecule has 0 radical (unpaired) electrons. The quantitative estimate of drug-likeness (QED) is 0.807. The van der Waals surface area contributed by atoms with E-state index >= 15 is 0 Å². The van der Waals surface area contributed by atoms with Crippen LogP contribution in [-0.4, -0.2) is 37.4 Å². The van der Waals surface area contributed by atoms with Gasteiger partial charge in [-0.25, -0.2) is 8.42 Å². The van der Waals surface area contributed by atoms with Crippen LogP contribution < -0.4 is 10.1 Å². The zero-order valence-corrected chi connectivity index (χ0v) is 13.7. The largest absolute Gasteiger partial charge is 0.493 e. The van der Waals surface area contributed by atoms with Crippen LogP contribution in [0, 0.1) is 0 Å². The second-order valence-corrected chi connectivity index (χ2v) is 7.61. The summed E-state index contributed by atoms with van der Waals surface area (Å²) in [7, 11) is -3.43. The second-order valence-electron chi connectivity index (χ2n) is 4.44. The van der Waals surface area contributed by atoms with Crippen LogP contribution in [-0.2, 0) is 9.84 Å². The molecule has 0 saturated carbocycles. The van der Waals surface area contributed by atoms with Gasteiger partial charge in [-0.1, -0.05) is 30.4 Å². The van der Waals surface area contributed by atoms with Crippen LogP contribution in [0.1, 0.15) is 23.7 Å². The summed E-state index contributed by atoms with van der Waals surface area (Å²) in [5.74, 6) is 0.0394. The molecule has 0 fully saturated rings. The van der Waals surface area contributed by atoms with Gasteiger partial charge < -0.3 is 4.74 Å². The van der Waals surface area contributed by atoms with Crippen molar-refractivity contribution in [3.63, 3.8) is 0 Å². The van der Waals surface area contributed by atoms with Gasteiger partial charge in [0.2, 0.25) is 19.3 Å². The lowest BCUT2D eigenvalue weighted by Gasteiger charge is -2.09. The Balaban J connectivity index is 2.17. The molecule has 2 rings (SSSR count). The summed E-state index contributed by atoms with van der Waals surface area (Å²) >= 11 is 0.804. The lowest BCUT2D eigenvalue weighted by molar-refractivity contribution is 0.102. The smallest absolute Gasteiger partial charge is 0.261 e. The molecule has 0 aliphatic rings. The van der Waals surface area contributed by atoms with Crippen molar-refractivity contribution in [2.75, 3.05) is 18.2 Å². The monoisotopic (exact) mass is 341 g/mol. The normalized spacial score (nSPS) is 11.2. The van der Waals surface area contributed by atoms with E-state index in [1.165, 1.54) is 0 Å². The highest BCUT2D eigenvalue weighted by atomic mass is 32.2. The van der Waals surface area contributed by atoms with Gasteiger partial charge in [-0.2, -0.15) is 0 Å². The Morgan fingerprint density at radius 2 is 2.05 bits per heavy atom. The first-order chi connectivity index (χ1) is 10.4. The van der Waals surface area contributed by atoms with Crippen molar-refractivity contribution >= 4 is 32.2 Å². The van der Waals surface area contributed by atoms with Gasteiger partial charge in [0.25, 0.3) is 5.91 Å². The Kier molecular flexibility index (Phi) is 5.09. The Labute approximate surface area is 132 Å². The summed E-state index contributed by atoms with van der Waals surface area (Å²) in [5.41, 5.74) is 0.354. The van der Waals surface area contributed by atoms with E-state index in [9.17, 15) is 13.2 Å². The number of sulfone groups is 1. The number of hydrogen-bond acceptors (Lipinski definition) is 7. The first-order valence-electron chi connectivity index (χ1n) is 6.48. The number of nitrogens with one attached hydrogen (secondary N) is 1. The molecule has 9 heteroatoms. The van der Waals surface area contributed by atoms with Gasteiger partial charge in [-0.15, -0.1) is 10.2 Å². The van der Waals surface area contributed by atoms with Crippen LogP contribution in [0.25, 0.3) is 0 Å². The average molecular weight is 341 g/mol. The molecule has 0 bridgehead atoms. The van der Waals surface area contributed by atoms with E-state index in [2.05, 4.69) is 15.5 Å². The van der Waals surface area contributed by atoms with Crippen molar-refractivity contribution in [1.82, 2.24) is 10.2 Å². The van der Waals surface area contributed by atoms with E-state index in [0.29, 0.717) is 17.9 Å². The second kappa shape index (κ2) is 6.84. The van der Waals surface area contributed by atoms with Crippen molar-refractivity contribution in [3.8, 4) is 5.75 Å². The topological polar surface area (TPSA) is 98.2 Å². The van der Waals surface area contributed by atoms with Gasteiger partial charge in [0, 0.05) is 6.26 Å². The van der Waals surface area contributed by atoms with E-state index in [1.54, 1.807) is 24.3 Å². The highest BCUT2D eigenvalue weighted by Gasteiger charge is 2.18. The third-order valence-corrected chi connectivity index (χ3v) is 5.05. The van der Waals surface area contributed by atoms with E-state index in [4.69, 9.17) is 4.74 Å². The van der Waals surface area contributed by atoms with Crippen LogP contribution in [0.4, 0.5) is 5.13 Å². The Bertz CT molecular complexity index is 771. The molecular formula is C13H15N3O4S2. The maximum atomic E-state index is 12.3. The fourth-order valence-corrected chi connectivity index (χ4v) is 3.07. The van der Waals surface area contributed by atoms with Gasteiger partial charge in [0.1, 0.15) is 5.75 Å². The maximum Gasteiger partial charge on any atom is 0.261 e. The van der Waals surface area contributed by atoms with E-state index < -0.39 is 15.7 Å². The molecule has 1 N–H and O–H groups in total. The molecule has 7 nitrogen and oxygen atoms in total. The van der Waals surface area contributed by atoms with Gasteiger partial charge >= 0.3 is 0 Å². The number of amides is 1. The predicted octanol–water partition coefficient (Wildman–Crippen LogP) is 1.98. The van der Waals surface area contributed by atoms with Crippen molar-refractivity contribution in [2.24, 2.45) is 0 Å². The average Bonchev–Trinajstić information content (AvgIpc) is 2.94. The number of nitrogens with zero attached hydrogens (tertiary/aromatic N) is 2. The SMILES string of the molecule is CCCOc1ccccc1C(=O)Nc1nnc(S(C)(=O)=O)s1. The van der Waals surface area contributed by atoms with Crippen LogP contribution in [0.3, 0.4) is 0 Å². The molecule has 0 unspecified atom stereocenters. The lowest BCUT2D eigenvalue weighted by Crippen LogP contribution is -2.13. The molecule has 0 saturated heterocycles. The summed E-state index contributed by atoms with van der Waals surface area (Å²) < 4.78 is 28.1. The van der Waals surface area contributed by atoms with Crippen molar-refractivity contribution in [1.29, 1.82) is 0 Å². The van der Waals surface area contributed by atoms with Crippen molar-refractivity contribution in [3.05, 3.63) is 29.8 Å². The Morgan fingerprint density at radius 1 is 1.32 bits per heavy atom. The maximum absolute atomic E-state index is 12.3. The first-order valence-corrected chi connectivity index (χ1v) is 9.19. The minimum Gasteiger partial charge on any atom is -0.493 e. The standard InChI is InChI=1S/C13H15N3O4S2/c1-3-8-20-10-7-5-4-6-9(10)11(17)14-12-15-16-13(21-12)22(2,18)19/h4-7H,3,8H2,1-2H3,(H,14,15,17). The number of hydrogen-bond donors (Lipinski definition) is 1. The number of ether oxygens (including phenoxy) is 1. The summed E-state index contributed by atoms with van der Waals surface area (Å²) in [5, 5.41) is 9.85. The molecule has 1 aromatic heterocycles. The van der Waals surface area contributed by atoms with Crippen LogP contribution in [0.5, 0.6) is 5.75 Å². The molecular weight excluding hydrogens is 326 g/mol. The summed E-state index contributed by atoms with van der Waals surface area (Å²) in [6.45, 7) is 2.47. The van der Waals surface area contributed by atoms with Crippen molar-refractivity contribution in [2.45, 2.75) is 17.7 Å². The van der Waals surface area contributed by atoms with Gasteiger partial charge in [0.05, 0.1) is 12.2 Å². The highest BCUT2D eigenvalue weighted by Crippen LogP contribution is 2.23. The third kappa shape index (κ3) is 4.01. The molecule has 0 spiro atoms. The molecule has 0 atom stereocenters. The number of para-hydroxylation sites is 1. The van der Waals surface area contributed by atoms with Crippen molar-refractivity contribution < 1.29 is 17.9 Å². The minimum atomic E-state index is -3.43. The van der Waals surface area contributed by atoms with Crippen LogP contribution >= 0.6 is 11.3 Å². The van der Waals surface area contributed by atoms with E-state index in [1.807, 2.05) is 6.92 Å². The molecule has 22 heavy (non-hydrogen) atoms. The number of aromatic nitrogens is 2. The summed E-state index contributed by atoms with van der Waals surface area (Å²) in [4.78, 5) is 12.3. The number of rotatable bonds is 6. The van der Waals surface area contributed by atoms with Gasteiger partial charge in [0.15, 0.2) is 0 Å². The number of carbonyl (C=O) groups is 1. The van der Waals surface area contributed by atoms with Crippen LogP contribution in [0.2, 0.25) is 0 Å². The molecule has 1 heterocycles. The Hall–Kier alpha value is -2.00. The number of benzene rings is 1. The molecule has 118 valence electrons. The fourth-order valence-electron chi connectivity index (χ4n) is 1.57. The van der Waals surface area contributed by atoms with E-state index in [0.717, 1.165) is 24.0 Å². The fraction of sp³-hybridized carbons (Fsp3) is 0.308. The van der Waals surface area contributed by atoms with Crippen LogP contribution in [0.15, 0.2) is 28.6 Å². The number of carbonyl (C=O) groups excluding carboxylic acids is 1.